The molecule has 0 spiro atoms. The van der Waals surface area contributed by atoms with E-state index in [4.69, 9.17) is 5.73 Å². The van der Waals surface area contributed by atoms with Crippen LogP contribution in [0.4, 0.5) is 11.8 Å². The number of aromatic nitrogens is 5. The summed E-state index contributed by atoms with van der Waals surface area (Å²) in [5.74, 6) is 1.01. The van der Waals surface area contributed by atoms with Gasteiger partial charge in [0.15, 0.2) is 0 Å². The summed E-state index contributed by atoms with van der Waals surface area (Å²) in [7, 11) is 0. The average molecular weight is 281 g/mol. The topological polar surface area (TPSA) is 105 Å². The molecule has 3 rings (SSSR count). The van der Waals surface area contributed by atoms with Gasteiger partial charge in [-0.05, 0) is 25.1 Å². The van der Waals surface area contributed by atoms with Crippen molar-refractivity contribution in [2.24, 2.45) is 0 Å². The van der Waals surface area contributed by atoms with Crippen LogP contribution in [0.2, 0.25) is 0 Å². The average Bonchev–Trinajstić information content (AvgIpc) is 2.92. The molecule has 21 heavy (non-hydrogen) atoms. The number of anilines is 2. The minimum atomic E-state index is 0.486. The highest BCUT2D eigenvalue weighted by Crippen LogP contribution is 2.21. The van der Waals surface area contributed by atoms with Gasteiger partial charge in [0, 0.05) is 11.9 Å². The molecule has 106 valence electrons. The van der Waals surface area contributed by atoms with E-state index in [1.807, 2.05) is 25.1 Å². The molecule has 0 fully saturated rings. The third-order valence-electron chi connectivity index (χ3n) is 2.97. The number of nitrogen functional groups attached to an aromatic ring is 1. The lowest BCUT2D eigenvalue weighted by Gasteiger charge is -2.06. The maximum absolute atomic E-state index is 5.80. The van der Waals surface area contributed by atoms with E-state index < -0.39 is 0 Å². The second kappa shape index (κ2) is 5.58. The fourth-order valence-electron chi connectivity index (χ4n) is 1.96. The van der Waals surface area contributed by atoms with Crippen LogP contribution in [0.1, 0.15) is 11.4 Å². The number of pyridine rings is 1. The summed E-state index contributed by atoms with van der Waals surface area (Å²) in [6, 6.07) is 7.68. The van der Waals surface area contributed by atoms with Crippen molar-refractivity contribution < 1.29 is 0 Å². The van der Waals surface area contributed by atoms with Crippen LogP contribution in [0.3, 0.4) is 0 Å². The monoisotopic (exact) mass is 281 g/mol. The SMILES string of the molecule is Cc1cccc(CNc2nccc(-c3cn[nH]c3N)n2)n1. The van der Waals surface area contributed by atoms with Crippen LogP contribution in [-0.2, 0) is 6.54 Å². The largest absolute Gasteiger partial charge is 0.384 e. The fraction of sp³-hybridized carbons (Fsp3) is 0.143. The van der Waals surface area contributed by atoms with Gasteiger partial charge in [-0.1, -0.05) is 6.07 Å². The van der Waals surface area contributed by atoms with Crippen molar-refractivity contribution in [2.75, 3.05) is 11.1 Å². The third kappa shape index (κ3) is 2.97. The van der Waals surface area contributed by atoms with Crippen LogP contribution >= 0.6 is 0 Å². The van der Waals surface area contributed by atoms with Crippen LogP contribution in [0.5, 0.6) is 0 Å². The highest BCUT2D eigenvalue weighted by molar-refractivity contribution is 5.70. The minimum Gasteiger partial charge on any atom is -0.384 e. The molecular formula is C14H15N7. The number of hydrogen-bond donors (Lipinski definition) is 3. The van der Waals surface area contributed by atoms with Crippen LogP contribution in [0.15, 0.2) is 36.7 Å². The molecule has 0 saturated carbocycles. The number of hydrogen-bond acceptors (Lipinski definition) is 6. The molecule has 0 amide bonds. The summed E-state index contributed by atoms with van der Waals surface area (Å²) < 4.78 is 0. The zero-order valence-corrected chi connectivity index (χ0v) is 11.5. The van der Waals surface area contributed by atoms with Crippen molar-refractivity contribution in [1.29, 1.82) is 0 Å². The quantitative estimate of drug-likeness (QED) is 0.673. The van der Waals surface area contributed by atoms with Crippen LogP contribution in [0, 0.1) is 6.92 Å². The van der Waals surface area contributed by atoms with Crippen molar-refractivity contribution in [1.82, 2.24) is 25.1 Å². The number of nitrogens with zero attached hydrogens (tertiary/aromatic N) is 4. The van der Waals surface area contributed by atoms with Gasteiger partial charge in [-0.15, -0.1) is 0 Å². The summed E-state index contributed by atoms with van der Waals surface area (Å²) in [6.45, 7) is 2.52. The molecule has 3 heterocycles. The van der Waals surface area contributed by atoms with E-state index in [0.29, 0.717) is 18.3 Å². The molecule has 0 aliphatic rings. The minimum absolute atomic E-state index is 0.486. The van der Waals surface area contributed by atoms with Crippen molar-refractivity contribution in [3.8, 4) is 11.3 Å². The molecule has 0 saturated heterocycles. The molecule has 0 aromatic carbocycles. The van der Waals surface area contributed by atoms with E-state index in [-0.39, 0.29) is 0 Å². The predicted octanol–water partition coefficient (Wildman–Crippen LogP) is 1.76. The van der Waals surface area contributed by atoms with Gasteiger partial charge in [-0.25, -0.2) is 9.97 Å². The Labute approximate surface area is 121 Å². The standard InChI is InChI=1S/C14H15N7/c1-9-3-2-4-10(19-9)7-17-14-16-6-5-12(20-14)11-8-18-21-13(11)15/h2-6,8H,7H2,1H3,(H3,15,18,21)(H,16,17,20). The van der Waals surface area contributed by atoms with Crippen LogP contribution in [0.25, 0.3) is 11.3 Å². The summed E-state index contributed by atoms with van der Waals surface area (Å²) in [5.41, 5.74) is 9.19. The van der Waals surface area contributed by atoms with Crippen molar-refractivity contribution in [3.05, 3.63) is 48.0 Å². The van der Waals surface area contributed by atoms with E-state index in [2.05, 4.69) is 30.5 Å². The number of rotatable bonds is 4. The Morgan fingerprint density at radius 3 is 2.90 bits per heavy atom. The Bertz CT molecular complexity index is 750. The van der Waals surface area contributed by atoms with Gasteiger partial charge in [0.1, 0.15) is 5.82 Å². The maximum Gasteiger partial charge on any atom is 0.223 e. The number of aromatic amines is 1. The Balaban J connectivity index is 1.76. The maximum atomic E-state index is 5.80. The Morgan fingerprint density at radius 1 is 1.24 bits per heavy atom. The molecule has 0 radical (unpaired) electrons. The van der Waals surface area contributed by atoms with E-state index in [9.17, 15) is 0 Å². The summed E-state index contributed by atoms with van der Waals surface area (Å²) >= 11 is 0. The molecule has 7 heteroatoms. The smallest absolute Gasteiger partial charge is 0.223 e. The lowest BCUT2D eigenvalue weighted by molar-refractivity contribution is 0.984. The molecule has 4 N–H and O–H groups in total. The van der Waals surface area contributed by atoms with Gasteiger partial charge < -0.3 is 11.1 Å². The molecule has 0 aliphatic heterocycles. The van der Waals surface area contributed by atoms with Gasteiger partial charge >= 0.3 is 0 Å². The lowest BCUT2D eigenvalue weighted by atomic mass is 10.2. The fourth-order valence-corrected chi connectivity index (χ4v) is 1.96. The third-order valence-corrected chi connectivity index (χ3v) is 2.97. The molecule has 0 aliphatic carbocycles. The second-order valence-corrected chi connectivity index (χ2v) is 4.59. The highest BCUT2D eigenvalue weighted by atomic mass is 15.2. The molecular weight excluding hydrogens is 266 g/mol. The first-order valence-electron chi connectivity index (χ1n) is 6.51. The Hall–Kier alpha value is -2.96. The Kier molecular flexibility index (Phi) is 3.46. The highest BCUT2D eigenvalue weighted by Gasteiger charge is 2.07. The van der Waals surface area contributed by atoms with Crippen LogP contribution in [-0.4, -0.2) is 25.1 Å². The van der Waals surface area contributed by atoms with E-state index in [1.54, 1.807) is 18.5 Å². The lowest BCUT2D eigenvalue weighted by Crippen LogP contribution is -2.05. The van der Waals surface area contributed by atoms with Crippen molar-refractivity contribution >= 4 is 11.8 Å². The van der Waals surface area contributed by atoms with Gasteiger partial charge in [0.25, 0.3) is 0 Å². The summed E-state index contributed by atoms with van der Waals surface area (Å²) in [4.78, 5) is 13.0. The van der Waals surface area contributed by atoms with E-state index in [0.717, 1.165) is 22.6 Å². The van der Waals surface area contributed by atoms with Gasteiger partial charge in [0.05, 0.1) is 29.7 Å². The molecule has 0 bridgehead atoms. The predicted molar refractivity (Wildman–Crippen MR) is 80.3 cm³/mol. The molecule has 0 atom stereocenters. The van der Waals surface area contributed by atoms with Crippen molar-refractivity contribution in [2.45, 2.75) is 13.5 Å². The molecule has 3 aromatic rings. The molecule has 0 unspecified atom stereocenters. The Morgan fingerprint density at radius 2 is 2.14 bits per heavy atom. The number of H-pyrrole nitrogens is 1. The van der Waals surface area contributed by atoms with Gasteiger partial charge in [-0.3, -0.25) is 10.1 Å². The van der Waals surface area contributed by atoms with Gasteiger partial charge in [-0.2, -0.15) is 5.10 Å². The van der Waals surface area contributed by atoms with Crippen molar-refractivity contribution in [3.63, 3.8) is 0 Å². The number of nitrogens with one attached hydrogen (secondary N) is 2. The normalized spacial score (nSPS) is 10.5. The summed E-state index contributed by atoms with van der Waals surface area (Å²) in [6.07, 6.45) is 3.32. The number of aryl methyl sites for hydroxylation is 1. The molecule has 7 nitrogen and oxygen atoms in total. The zero-order valence-electron chi connectivity index (χ0n) is 11.5. The molecule has 3 aromatic heterocycles. The van der Waals surface area contributed by atoms with E-state index >= 15 is 0 Å². The first-order chi connectivity index (χ1) is 10.2. The first-order valence-corrected chi connectivity index (χ1v) is 6.51. The van der Waals surface area contributed by atoms with Crippen LogP contribution < -0.4 is 11.1 Å². The van der Waals surface area contributed by atoms with Gasteiger partial charge in [0.2, 0.25) is 5.95 Å². The summed E-state index contributed by atoms with van der Waals surface area (Å²) in [5, 5.41) is 9.73. The zero-order chi connectivity index (χ0) is 14.7. The number of nitrogens with two attached hydrogens (primary N) is 1. The van der Waals surface area contributed by atoms with E-state index in [1.165, 1.54) is 0 Å². The second-order valence-electron chi connectivity index (χ2n) is 4.59. The first kappa shape index (κ1) is 13.0.